The molecule has 0 saturated heterocycles. The quantitative estimate of drug-likeness (QED) is 0.193. The first-order valence-electron chi connectivity index (χ1n) is 16.9. The molecule has 3 aliphatic rings. The maximum absolute atomic E-state index is 6.66. The number of ether oxygens (including phenoxy) is 2. The lowest BCUT2D eigenvalue weighted by molar-refractivity contribution is 0.362. The zero-order valence-electron chi connectivity index (χ0n) is 26.7. The number of benzene rings is 5. The Labute approximate surface area is 284 Å². The SMILES string of the molecule is C1=CCC(c2cc(-c3ccc(-n4c5c(c6ccc7c(c64)Oc4ccccc4O7)-c4ccccc4CC5)cc3)nc(-c3ccccc3)n2)C=C1. The molecule has 0 N–H and O–H groups in total. The highest BCUT2D eigenvalue weighted by atomic mass is 16.6. The van der Waals surface area contributed by atoms with Gasteiger partial charge >= 0.3 is 0 Å². The van der Waals surface area contributed by atoms with Gasteiger partial charge in [0.2, 0.25) is 0 Å². The van der Waals surface area contributed by atoms with E-state index in [0.717, 1.165) is 87.2 Å². The Morgan fingerprint density at radius 2 is 1.45 bits per heavy atom. The van der Waals surface area contributed by atoms with Crippen molar-refractivity contribution in [1.82, 2.24) is 14.5 Å². The standard InChI is InChI=1S/C44H31N3O2/c1-3-12-29(13-4-1)35-27-36(46-44(45-35)31-14-5-2-6-15-31)30-19-22-32(23-20-30)47-37-25-21-28-11-7-8-16-33(28)41(37)34-24-26-40-43(42(34)47)49-39-18-10-9-17-38(39)48-40/h1-12,14-20,22-24,26-27,29H,13,21,25H2. The number of hydrogen-bond donors (Lipinski definition) is 0. The van der Waals surface area contributed by atoms with Crippen molar-refractivity contribution in [2.75, 3.05) is 0 Å². The summed E-state index contributed by atoms with van der Waals surface area (Å²) >= 11 is 0. The molecule has 3 heterocycles. The van der Waals surface area contributed by atoms with Gasteiger partial charge in [0.05, 0.1) is 11.4 Å². The van der Waals surface area contributed by atoms with Crippen LogP contribution in [0.4, 0.5) is 0 Å². The van der Waals surface area contributed by atoms with Gasteiger partial charge in [0.25, 0.3) is 0 Å². The topological polar surface area (TPSA) is 49.2 Å². The molecule has 0 amide bonds. The van der Waals surface area contributed by atoms with Crippen LogP contribution in [-0.2, 0) is 12.8 Å². The van der Waals surface area contributed by atoms with E-state index in [1.807, 2.05) is 48.5 Å². The molecule has 234 valence electrons. The molecule has 1 atom stereocenters. The Kier molecular flexibility index (Phi) is 6.37. The average Bonchev–Trinajstić information content (AvgIpc) is 3.53. The number of aryl methyl sites for hydroxylation is 1. The monoisotopic (exact) mass is 633 g/mol. The number of allylic oxidation sites excluding steroid dienone is 4. The van der Waals surface area contributed by atoms with Gasteiger partial charge < -0.3 is 14.0 Å². The van der Waals surface area contributed by atoms with E-state index in [1.54, 1.807) is 0 Å². The van der Waals surface area contributed by atoms with E-state index >= 15 is 0 Å². The second kappa shape index (κ2) is 11.2. The van der Waals surface area contributed by atoms with Gasteiger partial charge in [-0.15, -0.1) is 0 Å². The van der Waals surface area contributed by atoms with Crippen LogP contribution in [-0.4, -0.2) is 14.5 Å². The van der Waals surface area contributed by atoms with Crippen molar-refractivity contribution >= 4 is 10.9 Å². The van der Waals surface area contributed by atoms with Crippen LogP contribution in [0.3, 0.4) is 0 Å². The molecular formula is C44H31N3O2. The van der Waals surface area contributed by atoms with E-state index in [-0.39, 0.29) is 5.92 Å². The van der Waals surface area contributed by atoms with Crippen LogP contribution in [0.25, 0.3) is 50.4 Å². The van der Waals surface area contributed by atoms with Gasteiger partial charge in [0.1, 0.15) is 5.52 Å². The van der Waals surface area contributed by atoms with Crippen LogP contribution in [0.2, 0.25) is 0 Å². The zero-order chi connectivity index (χ0) is 32.3. The van der Waals surface area contributed by atoms with Gasteiger partial charge in [0.15, 0.2) is 28.8 Å². The molecule has 5 heteroatoms. The van der Waals surface area contributed by atoms with E-state index in [1.165, 1.54) is 22.4 Å². The molecule has 5 aromatic carbocycles. The summed E-state index contributed by atoms with van der Waals surface area (Å²) in [5, 5.41) is 1.16. The summed E-state index contributed by atoms with van der Waals surface area (Å²) in [7, 11) is 0. The molecule has 0 radical (unpaired) electrons. The van der Waals surface area contributed by atoms with Crippen molar-refractivity contribution in [2.45, 2.75) is 25.2 Å². The molecule has 0 fully saturated rings. The number of aromatic nitrogens is 3. The zero-order valence-corrected chi connectivity index (χ0v) is 26.7. The van der Waals surface area contributed by atoms with E-state index in [4.69, 9.17) is 19.4 Å². The van der Waals surface area contributed by atoms with Crippen molar-refractivity contribution < 1.29 is 9.47 Å². The number of fused-ring (bicyclic) bond motifs is 8. The fourth-order valence-electron chi connectivity index (χ4n) is 7.56. The van der Waals surface area contributed by atoms with E-state index in [9.17, 15) is 0 Å². The third kappa shape index (κ3) is 4.61. The second-order valence-electron chi connectivity index (χ2n) is 12.8. The highest BCUT2D eigenvalue weighted by molar-refractivity contribution is 6.04. The first-order chi connectivity index (χ1) is 24.3. The maximum atomic E-state index is 6.66. The summed E-state index contributed by atoms with van der Waals surface area (Å²) in [5.41, 5.74) is 11.3. The fourth-order valence-corrected chi connectivity index (χ4v) is 7.56. The first-order valence-corrected chi connectivity index (χ1v) is 16.9. The Morgan fingerprint density at radius 1 is 0.653 bits per heavy atom. The third-order valence-corrected chi connectivity index (χ3v) is 9.91. The minimum absolute atomic E-state index is 0.215. The Bertz CT molecular complexity index is 2470. The van der Waals surface area contributed by atoms with Crippen LogP contribution < -0.4 is 9.47 Å². The first kappa shape index (κ1) is 27.9. The van der Waals surface area contributed by atoms with Gasteiger partial charge in [-0.25, -0.2) is 9.97 Å². The molecule has 7 aromatic rings. The molecule has 2 aromatic heterocycles. The maximum Gasteiger partial charge on any atom is 0.194 e. The average molecular weight is 634 g/mol. The normalized spacial score (nSPS) is 15.5. The number of nitrogens with zero attached hydrogens (tertiary/aromatic N) is 3. The van der Waals surface area contributed by atoms with E-state index < -0.39 is 0 Å². The second-order valence-corrected chi connectivity index (χ2v) is 12.8. The highest BCUT2D eigenvalue weighted by Gasteiger charge is 2.30. The van der Waals surface area contributed by atoms with Crippen LogP contribution in [0.5, 0.6) is 23.0 Å². The summed E-state index contributed by atoms with van der Waals surface area (Å²) in [6, 6.07) is 42.1. The Balaban J connectivity index is 1.14. The molecule has 0 saturated carbocycles. The number of rotatable bonds is 4. The van der Waals surface area contributed by atoms with E-state index in [2.05, 4.69) is 102 Å². The lowest BCUT2D eigenvalue weighted by atomic mass is 9.88. The molecular weight excluding hydrogens is 603 g/mol. The molecule has 0 bridgehead atoms. The van der Waals surface area contributed by atoms with Crippen LogP contribution in [0.1, 0.15) is 29.3 Å². The number of hydrogen-bond acceptors (Lipinski definition) is 4. The van der Waals surface area contributed by atoms with Crippen LogP contribution in [0, 0.1) is 0 Å². The molecule has 49 heavy (non-hydrogen) atoms. The predicted octanol–water partition coefficient (Wildman–Crippen LogP) is 11.0. The number of para-hydroxylation sites is 2. The molecule has 2 aliphatic carbocycles. The van der Waals surface area contributed by atoms with Crippen molar-refractivity contribution in [3.63, 3.8) is 0 Å². The summed E-state index contributed by atoms with van der Waals surface area (Å²) < 4.78 is 15.5. The predicted molar refractivity (Wildman–Crippen MR) is 195 cm³/mol. The smallest absolute Gasteiger partial charge is 0.194 e. The van der Waals surface area contributed by atoms with Crippen molar-refractivity contribution in [2.24, 2.45) is 0 Å². The minimum Gasteiger partial charge on any atom is -0.449 e. The minimum atomic E-state index is 0.215. The molecule has 0 spiro atoms. The lowest BCUT2D eigenvalue weighted by Gasteiger charge is -2.22. The van der Waals surface area contributed by atoms with Crippen molar-refractivity contribution in [3.05, 3.63) is 163 Å². The summed E-state index contributed by atoms with van der Waals surface area (Å²) in [6.45, 7) is 0. The molecule has 10 rings (SSSR count). The Hall–Kier alpha value is -6.20. The highest BCUT2D eigenvalue weighted by Crippen LogP contribution is 2.53. The van der Waals surface area contributed by atoms with Crippen molar-refractivity contribution in [1.29, 1.82) is 0 Å². The van der Waals surface area contributed by atoms with Gasteiger partial charge in [-0.3, -0.25) is 0 Å². The van der Waals surface area contributed by atoms with Crippen LogP contribution in [0.15, 0.2) is 146 Å². The summed E-state index contributed by atoms with van der Waals surface area (Å²) in [4.78, 5) is 10.1. The Morgan fingerprint density at radius 3 is 2.29 bits per heavy atom. The van der Waals surface area contributed by atoms with E-state index in [0.29, 0.717) is 0 Å². The van der Waals surface area contributed by atoms with Crippen molar-refractivity contribution in [3.8, 4) is 62.5 Å². The molecule has 1 aliphatic heterocycles. The summed E-state index contributed by atoms with van der Waals surface area (Å²) in [6.07, 6.45) is 11.5. The van der Waals surface area contributed by atoms with Gasteiger partial charge in [-0.05, 0) is 72.9 Å². The van der Waals surface area contributed by atoms with Gasteiger partial charge in [-0.2, -0.15) is 0 Å². The fraction of sp³-hybridized carbons (Fsp3) is 0.0909. The molecule has 1 unspecified atom stereocenters. The van der Waals surface area contributed by atoms with Gasteiger partial charge in [0, 0.05) is 39.4 Å². The lowest BCUT2D eigenvalue weighted by Crippen LogP contribution is -2.08. The third-order valence-electron chi connectivity index (χ3n) is 9.91. The largest absolute Gasteiger partial charge is 0.449 e. The molecule has 5 nitrogen and oxygen atoms in total. The van der Waals surface area contributed by atoms with Crippen LogP contribution >= 0.6 is 0 Å². The summed E-state index contributed by atoms with van der Waals surface area (Å²) in [5.74, 6) is 3.88. The van der Waals surface area contributed by atoms with Gasteiger partial charge in [-0.1, -0.05) is 103 Å².